The zero-order valence-electron chi connectivity index (χ0n) is 35.7. The van der Waals surface area contributed by atoms with Crippen molar-refractivity contribution in [2.24, 2.45) is 0 Å². The molecule has 0 N–H and O–H groups in total. The van der Waals surface area contributed by atoms with Gasteiger partial charge in [-0.05, 0) is 112 Å². The van der Waals surface area contributed by atoms with Crippen LogP contribution in [0.3, 0.4) is 0 Å². The number of anilines is 3. The van der Waals surface area contributed by atoms with Crippen LogP contribution in [0.25, 0.3) is 113 Å². The van der Waals surface area contributed by atoms with Gasteiger partial charge in [0.2, 0.25) is 0 Å². The molecule has 308 valence electrons. The third kappa shape index (κ3) is 5.62. The van der Waals surface area contributed by atoms with Gasteiger partial charge >= 0.3 is 0 Å². The lowest BCUT2D eigenvalue weighted by Gasteiger charge is -2.30. The average Bonchev–Trinajstić information content (AvgIpc) is 4.06. The van der Waals surface area contributed by atoms with Crippen molar-refractivity contribution in [2.75, 3.05) is 4.90 Å². The number of hydrogen-bond donors (Lipinski definition) is 0. The van der Waals surface area contributed by atoms with Crippen molar-refractivity contribution in [1.29, 1.82) is 0 Å². The Morgan fingerprint density at radius 1 is 0.364 bits per heavy atom. The normalized spacial score (nSPS) is 11.9. The Hall–Kier alpha value is -8.44. The van der Waals surface area contributed by atoms with Gasteiger partial charge in [-0.25, -0.2) is 0 Å². The van der Waals surface area contributed by atoms with E-state index in [4.69, 9.17) is 4.42 Å². The third-order valence-corrected chi connectivity index (χ3v) is 14.7. The second-order valence-electron chi connectivity index (χ2n) is 17.2. The van der Waals surface area contributed by atoms with Crippen molar-refractivity contribution in [3.8, 4) is 27.9 Å². The van der Waals surface area contributed by atoms with Crippen molar-refractivity contribution in [2.45, 2.75) is 0 Å². The number of hydrogen-bond acceptors (Lipinski definition) is 3. The average molecular weight is 859 g/mol. The molecule has 14 rings (SSSR count). The summed E-state index contributed by atoms with van der Waals surface area (Å²) in [6.07, 6.45) is 0. The van der Waals surface area contributed by atoms with E-state index in [0.717, 1.165) is 55.8 Å². The molecule has 0 amide bonds. The van der Waals surface area contributed by atoms with E-state index < -0.39 is 0 Å². The number of fused-ring (bicyclic) bond motifs is 12. The maximum absolute atomic E-state index is 7.03. The lowest BCUT2D eigenvalue weighted by atomic mass is 9.95. The number of para-hydroxylation sites is 3. The Kier molecular flexibility index (Phi) is 8.15. The minimum atomic E-state index is 0.857. The molecule has 11 aromatic carbocycles. The van der Waals surface area contributed by atoms with E-state index in [2.05, 4.69) is 240 Å². The van der Waals surface area contributed by atoms with Gasteiger partial charge in [0, 0.05) is 64.0 Å². The molecule has 0 saturated heterocycles. The van der Waals surface area contributed by atoms with Crippen molar-refractivity contribution in [1.82, 2.24) is 4.57 Å². The fraction of sp³-hybridized carbons (Fsp3) is 0. The smallest absolute Gasteiger partial charge is 0.145 e. The van der Waals surface area contributed by atoms with Crippen LogP contribution < -0.4 is 4.90 Å². The van der Waals surface area contributed by atoms with Crippen molar-refractivity contribution >= 4 is 114 Å². The van der Waals surface area contributed by atoms with Crippen LogP contribution in [-0.2, 0) is 0 Å². The fourth-order valence-corrected chi connectivity index (χ4v) is 11.7. The lowest BCUT2D eigenvalue weighted by Crippen LogP contribution is -2.12. The molecule has 0 unspecified atom stereocenters. The molecule has 3 aromatic heterocycles. The van der Waals surface area contributed by atoms with E-state index in [0.29, 0.717) is 0 Å². The SMILES string of the molecule is c1cc(-c2c(N(c3ccc(-c4ccc5sc6ccccc6c5c4)cc3)c3cc4ccccc4c4ccccc34)ccc3c2oc2ccccc23)cc(-n2c3ccccc3c3ccccc32)c1. The third-order valence-electron chi connectivity index (χ3n) is 13.6. The first-order chi connectivity index (χ1) is 32.7. The van der Waals surface area contributed by atoms with Gasteiger partial charge in [-0.3, -0.25) is 0 Å². The summed E-state index contributed by atoms with van der Waals surface area (Å²) < 4.78 is 12.1. The number of nitrogens with zero attached hydrogens (tertiary/aromatic N) is 2. The van der Waals surface area contributed by atoms with Gasteiger partial charge in [-0.1, -0.05) is 152 Å². The van der Waals surface area contributed by atoms with Gasteiger partial charge in [-0.2, -0.15) is 0 Å². The highest BCUT2D eigenvalue weighted by Gasteiger charge is 2.25. The van der Waals surface area contributed by atoms with E-state index in [9.17, 15) is 0 Å². The van der Waals surface area contributed by atoms with E-state index in [1.165, 1.54) is 74.6 Å². The van der Waals surface area contributed by atoms with Gasteiger partial charge in [-0.15, -0.1) is 11.3 Å². The molecule has 4 heteroatoms. The van der Waals surface area contributed by atoms with Crippen LogP contribution in [0.5, 0.6) is 0 Å². The molecule has 0 aliphatic carbocycles. The molecular weight excluding hydrogens is 821 g/mol. The quantitative estimate of drug-likeness (QED) is 0.155. The monoisotopic (exact) mass is 858 g/mol. The summed E-state index contributed by atoms with van der Waals surface area (Å²) in [5, 5.41) is 12.1. The van der Waals surface area contributed by atoms with Crippen LogP contribution >= 0.6 is 11.3 Å². The summed E-state index contributed by atoms with van der Waals surface area (Å²) in [6.45, 7) is 0. The summed E-state index contributed by atoms with van der Waals surface area (Å²) in [5.41, 5.74) is 12.8. The van der Waals surface area contributed by atoms with Gasteiger partial charge in [0.05, 0.1) is 22.4 Å². The Bertz CT molecular complexity index is 4190. The molecule has 0 bridgehead atoms. The second-order valence-corrected chi connectivity index (χ2v) is 18.3. The molecule has 0 spiro atoms. The number of thiophene rings is 1. The van der Waals surface area contributed by atoms with Crippen LogP contribution in [0, 0.1) is 0 Å². The number of rotatable bonds is 6. The highest BCUT2D eigenvalue weighted by atomic mass is 32.1. The molecule has 66 heavy (non-hydrogen) atoms. The minimum absolute atomic E-state index is 0.857. The predicted molar refractivity (Wildman–Crippen MR) is 282 cm³/mol. The molecule has 0 atom stereocenters. The highest BCUT2D eigenvalue weighted by molar-refractivity contribution is 7.25. The van der Waals surface area contributed by atoms with Crippen molar-refractivity contribution < 1.29 is 4.42 Å². The summed E-state index contributed by atoms with van der Waals surface area (Å²) >= 11 is 1.86. The standard InChI is InChI=1S/C62H38N2OS/c1-2-17-45-41(14-1)38-57(47-19-4-3-18-46(45)47)63(43-31-28-39(29-32-43)40-30-35-60-53(37-40)51-23-8-12-27-59(51)66-60)56-34-33-52-50-22-7-11-26-58(50)65-62(52)61(56)42-15-13-16-44(36-42)64-54-24-9-5-20-48(54)49-21-6-10-25-55(49)64/h1-38H. The summed E-state index contributed by atoms with van der Waals surface area (Å²) in [4.78, 5) is 2.46. The van der Waals surface area contributed by atoms with Crippen LogP contribution in [0.1, 0.15) is 0 Å². The van der Waals surface area contributed by atoms with E-state index in [-0.39, 0.29) is 0 Å². The Morgan fingerprint density at radius 3 is 1.80 bits per heavy atom. The second kappa shape index (κ2) is 14.5. The first kappa shape index (κ1) is 37.0. The predicted octanol–water partition coefficient (Wildman–Crippen LogP) is 18.2. The van der Waals surface area contributed by atoms with Crippen LogP contribution in [0.4, 0.5) is 17.1 Å². The van der Waals surface area contributed by atoms with Gasteiger partial charge in [0.1, 0.15) is 11.2 Å². The van der Waals surface area contributed by atoms with E-state index >= 15 is 0 Å². The van der Waals surface area contributed by atoms with Crippen LogP contribution in [0.2, 0.25) is 0 Å². The molecule has 14 aromatic rings. The molecule has 0 fully saturated rings. The molecule has 3 nitrogen and oxygen atoms in total. The van der Waals surface area contributed by atoms with Gasteiger partial charge in [0.15, 0.2) is 0 Å². The van der Waals surface area contributed by atoms with Gasteiger partial charge < -0.3 is 13.9 Å². The maximum Gasteiger partial charge on any atom is 0.145 e. The number of aromatic nitrogens is 1. The van der Waals surface area contributed by atoms with Crippen molar-refractivity contribution in [3.05, 3.63) is 231 Å². The molecular formula is C62H38N2OS. The van der Waals surface area contributed by atoms with Crippen molar-refractivity contribution in [3.63, 3.8) is 0 Å². The molecule has 0 saturated carbocycles. The summed E-state index contributed by atoms with van der Waals surface area (Å²) in [6, 6.07) is 84.1. The van der Waals surface area contributed by atoms with Crippen LogP contribution in [-0.4, -0.2) is 4.57 Å². The van der Waals surface area contributed by atoms with Crippen LogP contribution in [0.15, 0.2) is 235 Å². The molecule has 0 aliphatic rings. The zero-order valence-corrected chi connectivity index (χ0v) is 36.5. The largest absolute Gasteiger partial charge is 0.455 e. The number of furan rings is 1. The fourth-order valence-electron chi connectivity index (χ4n) is 10.6. The van der Waals surface area contributed by atoms with E-state index in [1.807, 2.05) is 11.3 Å². The minimum Gasteiger partial charge on any atom is -0.455 e. The maximum atomic E-state index is 7.03. The first-order valence-corrected chi connectivity index (χ1v) is 23.3. The molecule has 3 heterocycles. The summed E-state index contributed by atoms with van der Waals surface area (Å²) in [5.74, 6) is 0. The molecule has 0 radical (unpaired) electrons. The Labute approximate surface area is 384 Å². The van der Waals surface area contributed by atoms with Gasteiger partial charge in [0.25, 0.3) is 0 Å². The Balaban J connectivity index is 1.04. The molecule has 0 aliphatic heterocycles. The highest BCUT2D eigenvalue weighted by Crippen LogP contribution is 2.50. The topological polar surface area (TPSA) is 21.3 Å². The first-order valence-electron chi connectivity index (χ1n) is 22.5. The zero-order chi connectivity index (χ0) is 43.3. The lowest BCUT2D eigenvalue weighted by molar-refractivity contribution is 0.670. The van der Waals surface area contributed by atoms with E-state index in [1.54, 1.807) is 0 Å². The Morgan fingerprint density at radius 2 is 1.00 bits per heavy atom. The summed E-state index contributed by atoms with van der Waals surface area (Å²) in [7, 11) is 0. The number of benzene rings is 11.